The standard InChI is InChI=1S/C13H15NO4/c1-17-12(15)11-8-7-9-5-3-4-6-10(9)14(11)13(16)18-2/h3-6,11H,7-8H2,1-2H3. The van der Waals surface area contributed by atoms with Crippen LogP contribution in [0, 0.1) is 0 Å². The Bertz CT molecular complexity index is 472. The van der Waals surface area contributed by atoms with E-state index < -0.39 is 18.1 Å². The zero-order chi connectivity index (χ0) is 13.1. The molecule has 96 valence electrons. The van der Waals surface area contributed by atoms with E-state index in [2.05, 4.69) is 0 Å². The van der Waals surface area contributed by atoms with Gasteiger partial charge in [0.25, 0.3) is 0 Å². The molecule has 0 fully saturated rings. The summed E-state index contributed by atoms with van der Waals surface area (Å²) in [5, 5.41) is 0. The largest absolute Gasteiger partial charge is 0.467 e. The Labute approximate surface area is 105 Å². The van der Waals surface area contributed by atoms with Gasteiger partial charge < -0.3 is 9.47 Å². The molecule has 0 radical (unpaired) electrons. The predicted octanol–water partition coefficient (Wildman–Crippen LogP) is 1.75. The fourth-order valence-electron chi connectivity index (χ4n) is 2.23. The number of carbonyl (C=O) groups excluding carboxylic acids is 2. The van der Waals surface area contributed by atoms with Crippen molar-refractivity contribution in [3.63, 3.8) is 0 Å². The van der Waals surface area contributed by atoms with Gasteiger partial charge in [0, 0.05) is 0 Å². The number of methoxy groups -OCH3 is 2. The average molecular weight is 249 g/mol. The van der Waals surface area contributed by atoms with Crippen LogP contribution >= 0.6 is 0 Å². The van der Waals surface area contributed by atoms with E-state index in [4.69, 9.17) is 9.47 Å². The Morgan fingerprint density at radius 1 is 1.22 bits per heavy atom. The molecule has 5 heteroatoms. The number of amides is 1. The first kappa shape index (κ1) is 12.4. The van der Waals surface area contributed by atoms with Gasteiger partial charge in [0.2, 0.25) is 0 Å². The van der Waals surface area contributed by atoms with Gasteiger partial charge in [-0.25, -0.2) is 9.59 Å². The van der Waals surface area contributed by atoms with Crippen LogP contribution in [0.2, 0.25) is 0 Å². The molecule has 1 aliphatic rings. The van der Waals surface area contributed by atoms with E-state index in [0.717, 1.165) is 12.0 Å². The number of hydrogen-bond donors (Lipinski definition) is 0. The molecule has 0 N–H and O–H groups in total. The van der Waals surface area contributed by atoms with Gasteiger partial charge in [-0.05, 0) is 24.5 Å². The molecule has 18 heavy (non-hydrogen) atoms. The molecule has 0 bridgehead atoms. The normalized spacial score (nSPS) is 17.9. The molecule has 1 aromatic rings. The Balaban J connectivity index is 2.43. The number of nitrogens with zero attached hydrogens (tertiary/aromatic N) is 1. The van der Waals surface area contributed by atoms with E-state index in [-0.39, 0.29) is 0 Å². The number of ether oxygens (including phenoxy) is 2. The quantitative estimate of drug-likeness (QED) is 0.711. The lowest BCUT2D eigenvalue weighted by Crippen LogP contribution is -2.48. The maximum absolute atomic E-state index is 11.9. The van der Waals surface area contributed by atoms with E-state index in [9.17, 15) is 9.59 Å². The number of rotatable bonds is 1. The van der Waals surface area contributed by atoms with E-state index in [0.29, 0.717) is 12.1 Å². The third kappa shape index (κ3) is 2.03. The minimum atomic E-state index is -0.614. The Morgan fingerprint density at radius 3 is 2.61 bits per heavy atom. The van der Waals surface area contributed by atoms with Crippen LogP contribution in [0.3, 0.4) is 0 Å². The summed E-state index contributed by atoms with van der Waals surface area (Å²) in [4.78, 5) is 25.0. The van der Waals surface area contributed by atoms with Crippen LogP contribution in [-0.2, 0) is 20.7 Å². The van der Waals surface area contributed by atoms with Gasteiger partial charge in [-0.1, -0.05) is 18.2 Å². The van der Waals surface area contributed by atoms with Crippen molar-refractivity contribution in [1.82, 2.24) is 0 Å². The van der Waals surface area contributed by atoms with Crippen LogP contribution in [-0.4, -0.2) is 32.3 Å². The molecule has 0 aromatic heterocycles. The van der Waals surface area contributed by atoms with Gasteiger partial charge in [0.15, 0.2) is 0 Å². The minimum absolute atomic E-state index is 0.421. The van der Waals surface area contributed by atoms with E-state index >= 15 is 0 Å². The number of benzene rings is 1. The van der Waals surface area contributed by atoms with Crippen molar-refractivity contribution in [3.8, 4) is 0 Å². The number of para-hydroxylation sites is 1. The molecule has 2 rings (SSSR count). The zero-order valence-corrected chi connectivity index (χ0v) is 10.4. The number of hydrogen-bond acceptors (Lipinski definition) is 4. The summed E-state index contributed by atoms with van der Waals surface area (Å²) in [6, 6.07) is 6.87. The van der Waals surface area contributed by atoms with Crippen molar-refractivity contribution < 1.29 is 19.1 Å². The zero-order valence-electron chi connectivity index (χ0n) is 10.4. The van der Waals surface area contributed by atoms with Crippen molar-refractivity contribution in [2.24, 2.45) is 0 Å². The van der Waals surface area contributed by atoms with Crippen LogP contribution in [0.5, 0.6) is 0 Å². The molecule has 0 aliphatic carbocycles. The molecule has 1 unspecified atom stereocenters. The number of carbonyl (C=O) groups is 2. The van der Waals surface area contributed by atoms with Gasteiger partial charge >= 0.3 is 12.1 Å². The molecule has 1 atom stereocenters. The van der Waals surface area contributed by atoms with Gasteiger partial charge in [-0.2, -0.15) is 0 Å². The smallest absolute Gasteiger partial charge is 0.414 e. The molecule has 1 amide bonds. The molecule has 0 spiro atoms. The second-order valence-electron chi connectivity index (χ2n) is 4.05. The Hall–Kier alpha value is -2.04. The molecule has 5 nitrogen and oxygen atoms in total. The third-order valence-corrected chi connectivity index (χ3v) is 3.09. The highest BCUT2D eigenvalue weighted by Crippen LogP contribution is 2.31. The third-order valence-electron chi connectivity index (χ3n) is 3.09. The maximum Gasteiger partial charge on any atom is 0.414 e. The second-order valence-corrected chi connectivity index (χ2v) is 4.05. The van der Waals surface area contributed by atoms with Crippen LogP contribution in [0.15, 0.2) is 24.3 Å². The molecular formula is C13H15NO4. The minimum Gasteiger partial charge on any atom is -0.467 e. The van der Waals surface area contributed by atoms with Crippen molar-refractivity contribution in [1.29, 1.82) is 0 Å². The van der Waals surface area contributed by atoms with Crippen LogP contribution in [0.25, 0.3) is 0 Å². The highest BCUT2D eigenvalue weighted by Gasteiger charge is 2.36. The van der Waals surface area contributed by atoms with Crippen molar-refractivity contribution in [2.75, 3.05) is 19.1 Å². The summed E-state index contributed by atoms with van der Waals surface area (Å²) in [5.41, 5.74) is 1.74. The van der Waals surface area contributed by atoms with E-state index in [1.54, 1.807) is 6.07 Å². The average Bonchev–Trinajstić information content (AvgIpc) is 2.44. The number of anilines is 1. The first-order valence-electron chi connectivity index (χ1n) is 5.72. The summed E-state index contributed by atoms with van der Waals surface area (Å²) in [6.45, 7) is 0. The first-order valence-corrected chi connectivity index (χ1v) is 5.72. The SMILES string of the molecule is COC(=O)C1CCc2ccccc2N1C(=O)OC. The summed E-state index contributed by atoms with van der Waals surface area (Å²) >= 11 is 0. The van der Waals surface area contributed by atoms with Crippen molar-refractivity contribution in [3.05, 3.63) is 29.8 Å². The molecule has 0 saturated heterocycles. The summed E-state index contributed by atoms with van der Waals surface area (Å²) in [5.74, 6) is -0.421. The topological polar surface area (TPSA) is 55.8 Å². The highest BCUT2D eigenvalue weighted by molar-refractivity contribution is 5.97. The molecular weight excluding hydrogens is 234 g/mol. The van der Waals surface area contributed by atoms with Crippen LogP contribution in [0.4, 0.5) is 10.5 Å². The molecule has 1 aromatic carbocycles. The molecule has 1 aliphatic heterocycles. The fourth-order valence-corrected chi connectivity index (χ4v) is 2.23. The number of esters is 1. The van der Waals surface area contributed by atoms with Crippen LogP contribution in [0.1, 0.15) is 12.0 Å². The maximum atomic E-state index is 11.9. The van der Waals surface area contributed by atoms with Gasteiger partial charge in [0.05, 0.1) is 19.9 Å². The molecule has 1 heterocycles. The van der Waals surface area contributed by atoms with Crippen molar-refractivity contribution in [2.45, 2.75) is 18.9 Å². The second kappa shape index (κ2) is 5.08. The monoisotopic (exact) mass is 249 g/mol. The van der Waals surface area contributed by atoms with Crippen molar-refractivity contribution >= 4 is 17.7 Å². The van der Waals surface area contributed by atoms with Gasteiger partial charge in [-0.15, -0.1) is 0 Å². The summed E-state index contributed by atoms with van der Waals surface area (Å²) in [7, 11) is 2.62. The molecule has 0 saturated carbocycles. The van der Waals surface area contributed by atoms with Gasteiger partial charge in [-0.3, -0.25) is 4.90 Å². The fraction of sp³-hybridized carbons (Fsp3) is 0.385. The lowest BCUT2D eigenvalue weighted by atomic mass is 9.96. The highest BCUT2D eigenvalue weighted by atomic mass is 16.5. The number of fused-ring (bicyclic) bond motifs is 1. The first-order chi connectivity index (χ1) is 8.69. The van der Waals surface area contributed by atoms with E-state index in [1.807, 2.05) is 18.2 Å². The Morgan fingerprint density at radius 2 is 1.94 bits per heavy atom. The Kier molecular flexibility index (Phi) is 3.50. The summed E-state index contributed by atoms with van der Waals surface area (Å²) in [6.07, 6.45) is 0.736. The summed E-state index contributed by atoms with van der Waals surface area (Å²) < 4.78 is 9.49. The van der Waals surface area contributed by atoms with E-state index in [1.165, 1.54) is 19.1 Å². The lowest BCUT2D eigenvalue weighted by Gasteiger charge is -2.34. The van der Waals surface area contributed by atoms with Crippen LogP contribution < -0.4 is 4.90 Å². The predicted molar refractivity (Wildman–Crippen MR) is 65.5 cm³/mol. The number of aryl methyl sites for hydroxylation is 1. The lowest BCUT2D eigenvalue weighted by molar-refractivity contribution is -0.142. The van der Waals surface area contributed by atoms with Gasteiger partial charge in [0.1, 0.15) is 6.04 Å².